The molecule has 0 bridgehead atoms. The SMILES string of the molecule is CCCCOc1ccc(N/C=C(\C#N)c2nc(-c3cc4cc(Br)ccc4oc3=O)cs2)cc1. The van der Waals surface area contributed by atoms with Crippen molar-refractivity contribution in [3.05, 3.63) is 80.0 Å². The van der Waals surface area contributed by atoms with Gasteiger partial charge in [0.25, 0.3) is 0 Å². The van der Waals surface area contributed by atoms with Gasteiger partial charge in [-0.15, -0.1) is 11.3 Å². The fourth-order valence-electron chi connectivity index (χ4n) is 3.07. The Bertz CT molecular complexity index is 1400. The molecule has 0 aliphatic carbocycles. The number of aromatic nitrogens is 1. The smallest absolute Gasteiger partial charge is 0.345 e. The van der Waals surface area contributed by atoms with E-state index < -0.39 is 5.63 Å². The molecule has 4 aromatic rings. The number of allylic oxidation sites excluding steroid dienone is 1. The van der Waals surface area contributed by atoms with Crippen molar-refractivity contribution in [3.8, 4) is 23.1 Å². The van der Waals surface area contributed by atoms with E-state index in [1.807, 2.05) is 36.4 Å². The summed E-state index contributed by atoms with van der Waals surface area (Å²) in [6, 6.07) is 16.9. The lowest BCUT2D eigenvalue weighted by atomic mass is 10.1. The van der Waals surface area contributed by atoms with E-state index in [2.05, 4.69) is 39.2 Å². The molecule has 1 N–H and O–H groups in total. The summed E-state index contributed by atoms with van der Waals surface area (Å²) < 4.78 is 12.0. The van der Waals surface area contributed by atoms with Gasteiger partial charge >= 0.3 is 5.63 Å². The Balaban J connectivity index is 1.53. The quantitative estimate of drug-likeness (QED) is 0.155. The second-order valence-corrected chi connectivity index (χ2v) is 8.98. The lowest BCUT2D eigenvalue weighted by Gasteiger charge is -2.06. The van der Waals surface area contributed by atoms with Crippen LogP contribution in [0.1, 0.15) is 24.8 Å². The van der Waals surface area contributed by atoms with Gasteiger partial charge in [-0.2, -0.15) is 5.26 Å². The van der Waals surface area contributed by atoms with E-state index >= 15 is 0 Å². The second kappa shape index (κ2) is 10.5. The fourth-order valence-corrected chi connectivity index (χ4v) is 4.24. The number of anilines is 1. The number of hydrogen-bond donors (Lipinski definition) is 1. The number of nitriles is 1. The zero-order valence-corrected chi connectivity index (χ0v) is 20.2. The Morgan fingerprint density at radius 2 is 2.09 bits per heavy atom. The first-order valence-corrected chi connectivity index (χ1v) is 12.0. The summed E-state index contributed by atoms with van der Waals surface area (Å²) in [6.45, 7) is 2.82. The molecule has 8 heteroatoms. The highest BCUT2D eigenvalue weighted by atomic mass is 79.9. The predicted octanol–water partition coefficient (Wildman–Crippen LogP) is 6.83. The maximum atomic E-state index is 12.5. The number of ether oxygens (including phenoxy) is 1. The highest BCUT2D eigenvalue weighted by Crippen LogP contribution is 2.27. The van der Waals surface area contributed by atoms with E-state index in [4.69, 9.17) is 9.15 Å². The molecule has 0 spiro atoms. The molecule has 33 heavy (non-hydrogen) atoms. The minimum atomic E-state index is -0.469. The van der Waals surface area contributed by atoms with Crippen LogP contribution in [0.3, 0.4) is 0 Å². The van der Waals surface area contributed by atoms with Crippen LogP contribution in [0.25, 0.3) is 27.8 Å². The van der Waals surface area contributed by atoms with E-state index in [9.17, 15) is 10.1 Å². The van der Waals surface area contributed by atoms with Crippen molar-refractivity contribution in [2.24, 2.45) is 0 Å². The average molecular weight is 522 g/mol. The van der Waals surface area contributed by atoms with Gasteiger partial charge in [-0.25, -0.2) is 9.78 Å². The number of benzene rings is 2. The van der Waals surface area contributed by atoms with Gasteiger partial charge in [-0.1, -0.05) is 29.3 Å². The number of rotatable bonds is 8. The minimum absolute atomic E-state index is 0.354. The van der Waals surface area contributed by atoms with E-state index in [0.29, 0.717) is 34.0 Å². The van der Waals surface area contributed by atoms with Crippen molar-refractivity contribution in [3.63, 3.8) is 0 Å². The van der Waals surface area contributed by atoms with Crippen LogP contribution in [0.5, 0.6) is 5.75 Å². The molecule has 0 aliphatic rings. The molecule has 2 aromatic carbocycles. The van der Waals surface area contributed by atoms with Crippen LogP contribution < -0.4 is 15.7 Å². The zero-order valence-electron chi connectivity index (χ0n) is 17.8. The van der Waals surface area contributed by atoms with Gasteiger partial charge in [0.05, 0.1) is 17.9 Å². The lowest BCUT2D eigenvalue weighted by molar-refractivity contribution is 0.309. The van der Waals surface area contributed by atoms with E-state index in [1.165, 1.54) is 11.3 Å². The van der Waals surface area contributed by atoms with E-state index in [1.54, 1.807) is 23.7 Å². The summed E-state index contributed by atoms with van der Waals surface area (Å²) in [5.41, 5.74) is 2.05. The molecule has 0 atom stereocenters. The Morgan fingerprint density at radius 1 is 1.27 bits per heavy atom. The summed E-state index contributed by atoms with van der Waals surface area (Å²) in [6.07, 6.45) is 3.71. The Labute approximate surface area is 203 Å². The molecule has 0 radical (unpaired) electrons. The van der Waals surface area contributed by atoms with Gasteiger partial charge in [-0.3, -0.25) is 0 Å². The highest BCUT2D eigenvalue weighted by Gasteiger charge is 2.14. The molecular formula is C25H20BrN3O3S. The maximum absolute atomic E-state index is 12.5. The van der Waals surface area contributed by atoms with Gasteiger partial charge in [0.1, 0.15) is 28.0 Å². The van der Waals surface area contributed by atoms with Crippen LogP contribution in [0, 0.1) is 11.3 Å². The Hall–Kier alpha value is -3.41. The predicted molar refractivity (Wildman–Crippen MR) is 135 cm³/mol. The van der Waals surface area contributed by atoms with Crippen molar-refractivity contribution in [1.29, 1.82) is 5.26 Å². The van der Waals surface area contributed by atoms with Gasteiger partial charge < -0.3 is 14.5 Å². The standard InChI is InChI=1S/C25H20BrN3O3S/c1-2-3-10-31-20-7-5-19(6-8-20)28-14-17(13-27)24-29-22(15-33-24)21-12-16-11-18(26)4-9-23(16)32-25(21)30/h4-9,11-12,14-15,28H,2-3,10H2,1H3/b17-14+. The van der Waals surface area contributed by atoms with Crippen LogP contribution >= 0.6 is 27.3 Å². The van der Waals surface area contributed by atoms with Crippen molar-refractivity contribution in [1.82, 2.24) is 4.98 Å². The normalized spacial score (nSPS) is 11.4. The number of nitrogens with zero attached hydrogens (tertiary/aromatic N) is 2. The summed E-state index contributed by atoms with van der Waals surface area (Å²) in [7, 11) is 0. The third-order valence-electron chi connectivity index (χ3n) is 4.83. The molecule has 2 heterocycles. The lowest BCUT2D eigenvalue weighted by Crippen LogP contribution is -2.03. The van der Waals surface area contributed by atoms with Crippen LogP contribution in [-0.2, 0) is 0 Å². The number of unbranched alkanes of at least 4 members (excludes halogenated alkanes) is 1. The summed E-state index contributed by atoms with van der Waals surface area (Å²) in [4.78, 5) is 17.0. The maximum Gasteiger partial charge on any atom is 0.345 e. The molecule has 0 unspecified atom stereocenters. The monoisotopic (exact) mass is 521 g/mol. The molecule has 2 aromatic heterocycles. The molecule has 0 fully saturated rings. The largest absolute Gasteiger partial charge is 0.494 e. The van der Waals surface area contributed by atoms with E-state index in [0.717, 1.165) is 34.1 Å². The van der Waals surface area contributed by atoms with Gasteiger partial charge in [0, 0.05) is 27.1 Å². The molecule has 0 saturated carbocycles. The number of nitrogens with one attached hydrogen (secondary N) is 1. The minimum Gasteiger partial charge on any atom is -0.494 e. The molecule has 6 nitrogen and oxygen atoms in total. The van der Waals surface area contributed by atoms with Gasteiger partial charge in [0.15, 0.2) is 0 Å². The number of hydrogen-bond acceptors (Lipinski definition) is 7. The van der Waals surface area contributed by atoms with E-state index in [-0.39, 0.29) is 0 Å². The molecular weight excluding hydrogens is 502 g/mol. The first-order valence-electron chi connectivity index (χ1n) is 10.4. The second-order valence-electron chi connectivity index (χ2n) is 7.21. The van der Waals surface area contributed by atoms with Crippen LogP contribution in [0.2, 0.25) is 0 Å². The van der Waals surface area contributed by atoms with Crippen LogP contribution in [0.15, 0.2) is 73.8 Å². The topological polar surface area (TPSA) is 88.2 Å². The Morgan fingerprint density at radius 3 is 2.85 bits per heavy atom. The van der Waals surface area contributed by atoms with Crippen molar-refractivity contribution in [2.75, 3.05) is 11.9 Å². The molecule has 166 valence electrons. The number of fused-ring (bicyclic) bond motifs is 1. The molecule has 0 saturated heterocycles. The third kappa shape index (κ3) is 5.51. The van der Waals surface area contributed by atoms with Crippen molar-refractivity contribution in [2.45, 2.75) is 19.8 Å². The first-order chi connectivity index (χ1) is 16.1. The third-order valence-corrected chi connectivity index (χ3v) is 6.20. The van der Waals surface area contributed by atoms with Crippen LogP contribution in [-0.4, -0.2) is 11.6 Å². The first kappa shape index (κ1) is 22.8. The number of halogens is 1. The molecule has 0 aliphatic heterocycles. The van der Waals surface area contributed by atoms with Crippen molar-refractivity contribution < 1.29 is 9.15 Å². The molecule has 4 rings (SSSR count). The highest BCUT2D eigenvalue weighted by molar-refractivity contribution is 9.10. The Kier molecular flexibility index (Phi) is 7.23. The summed E-state index contributed by atoms with van der Waals surface area (Å²) in [5.74, 6) is 0.810. The molecule has 0 amide bonds. The van der Waals surface area contributed by atoms with Gasteiger partial charge in [-0.05, 0) is 55.0 Å². The summed E-state index contributed by atoms with van der Waals surface area (Å²) in [5, 5.41) is 15.8. The van der Waals surface area contributed by atoms with Gasteiger partial charge in [0.2, 0.25) is 0 Å². The van der Waals surface area contributed by atoms with Crippen LogP contribution in [0.4, 0.5) is 5.69 Å². The summed E-state index contributed by atoms with van der Waals surface area (Å²) >= 11 is 4.72. The fraction of sp³-hybridized carbons (Fsp3) is 0.160. The number of thiazole rings is 1. The average Bonchev–Trinajstić information content (AvgIpc) is 3.30. The zero-order chi connectivity index (χ0) is 23.2. The van der Waals surface area contributed by atoms with Crippen molar-refractivity contribution >= 4 is 49.5 Å².